The van der Waals surface area contributed by atoms with Crippen molar-refractivity contribution in [2.24, 2.45) is 0 Å². The van der Waals surface area contributed by atoms with Crippen molar-refractivity contribution in [2.45, 2.75) is 37.8 Å². The lowest BCUT2D eigenvalue weighted by Crippen LogP contribution is -2.45. The van der Waals surface area contributed by atoms with Crippen molar-refractivity contribution in [3.63, 3.8) is 0 Å². The highest BCUT2D eigenvalue weighted by molar-refractivity contribution is 9.10. The number of benzene rings is 1. The zero-order chi connectivity index (χ0) is 13.1. The summed E-state index contributed by atoms with van der Waals surface area (Å²) < 4.78 is 13.3. The Balaban J connectivity index is 2.04. The second kappa shape index (κ2) is 5.80. The van der Waals surface area contributed by atoms with Gasteiger partial charge in [0.2, 0.25) is 0 Å². The van der Waals surface area contributed by atoms with E-state index >= 15 is 0 Å². The number of aliphatic hydroxyl groups is 1. The zero-order valence-electron chi connectivity index (χ0n) is 9.83. The molecule has 1 aromatic carbocycles. The molecule has 1 amide bonds. The van der Waals surface area contributed by atoms with E-state index in [0.29, 0.717) is 5.56 Å². The van der Waals surface area contributed by atoms with Crippen molar-refractivity contribution in [1.82, 2.24) is 5.32 Å². The van der Waals surface area contributed by atoms with Gasteiger partial charge in [0.15, 0.2) is 0 Å². The number of halogens is 2. The van der Waals surface area contributed by atoms with Crippen LogP contribution in [-0.2, 0) is 0 Å². The molecule has 1 aliphatic carbocycles. The van der Waals surface area contributed by atoms with Gasteiger partial charge in [0.1, 0.15) is 5.82 Å². The standard InChI is InChI=1S/C13H15BrFNO2/c14-9-7-8(5-6-10(9)15)13(18)16-11-3-1-2-4-12(11)17/h5-7,11-12,17H,1-4H2,(H,16,18). The summed E-state index contributed by atoms with van der Waals surface area (Å²) in [5.41, 5.74) is 0.390. The first-order chi connectivity index (χ1) is 8.58. The number of nitrogens with one attached hydrogen (secondary N) is 1. The fourth-order valence-electron chi connectivity index (χ4n) is 2.17. The molecule has 0 heterocycles. The van der Waals surface area contributed by atoms with Crippen molar-refractivity contribution in [3.8, 4) is 0 Å². The molecule has 1 aliphatic rings. The first kappa shape index (κ1) is 13.5. The number of hydrogen-bond donors (Lipinski definition) is 2. The second-order valence-electron chi connectivity index (χ2n) is 4.56. The summed E-state index contributed by atoms with van der Waals surface area (Å²) in [5, 5.41) is 12.6. The van der Waals surface area contributed by atoms with Gasteiger partial charge in [0.05, 0.1) is 16.6 Å². The number of hydrogen-bond acceptors (Lipinski definition) is 2. The van der Waals surface area contributed by atoms with Gasteiger partial charge < -0.3 is 10.4 Å². The predicted octanol–water partition coefficient (Wildman–Crippen LogP) is 2.62. The van der Waals surface area contributed by atoms with Crippen LogP contribution in [0, 0.1) is 5.82 Å². The van der Waals surface area contributed by atoms with Crippen molar-refractivity contribution in [2.75, 3.05) is 0 Å². The molecule has 0 spiro atoms. The summed E-state index contributed by atoms with van der Waals surface area (Å²) in [6.07, 6.45) is 3.03. The minimum Gasteiger partial charge on any atom is -0.391 e. The van der Waals surface area contributed by atoms with Gasteiger partial charge >= 0.3 is 0 Å². The molecule has 2 unspecified atom stereocenters. The largest absolute Gasteiger partial charge is 0.391 e. The van der Waals surface area contributed by atoms with Crippen molar-refractivity contribution >= 4 is 21.8 Å². The third kappa shape index (κ3) is 3.09. The lowest BCUT2D eigenvalue weighted by atomic mass is 9.92. The summed E-state index contributed by atoms with van der Waals surface area (Å²) in [4.78, 5) is 12.0. The van der Waals surface area contributed by atoms with Gasteiger partial charge in [0.25, 0.3) is 5.91 Å². The second-order valence-corrected chi connectivity index (χ2v) is 5.41. The normalized spacial score (nSPS) is 23.7. The van der Waals surface area contributed by atoms with E-state index < -0.39 is 11.9 Å². The van der Waals surface area contributed by atoms with Gasteiger partial charge in [0, 0.05) is 5.56 Å². The van der Waals surface area contributed by atoms with Crippen molar-refractivity contribution in [1.29, 1.82) is 0 Å². The summed E-state index contributed by atoms with van der Waals surface area (Å²) in [7, 11) is 0. The molecular weight excluding hydrogens is 301 g/mol. The Morgan fingerprint density at radius 1 is 1.39 bits per heavy atom. The molecule has 1 fully saturated rings. The Labute approximate surface area is 114 Å². The number of aliphatic hydroxyl groups excluding tert-OH is 1. The molecule has 0 aliphatic heterocycles. The molecule has 1 aromatic rings. The molecule has 0 bridgehead atoms. The SMILES string of the molecule is O=C(NC1CCCCC1O)c1ccc(F)c(Br)c1. The number of carbonyl (C=O) groups excluding carboxylic acids is 1. The molecule has 2 atom stereocenters. The van der Waals surface area contributed by atoms with Gasteiger partial charge in [-0.05, 0) is 47.0 Å². The van der Waals surface area contributed by atoms with E-state index in [2.05, 4.69) is 21.2 Å². The van der Waals surface area contributed by atoms with Gasteiger partial charge in [-0.2, -0.15) is 0 Å². The average molecular weight is 316 g/mol. The van der Waals surface area contributed by atoms with Crippen LogP contribution in [0.2, 0.25) is 0 Å². The minimum atomic E-state index is -0.480. The van der Waals surface area contributed by atoms with Crippen LogP contribution in [-0.4, -0.2) is 23.2 Å². The third-order valence-electron chi connectivity index (χ3n) is 3.23. The van der Waals surface area contributed by atoms with E-state index in [9.17, 15) is 14.3 Å². The maximum atomic E-state index is 13.1. The van der Waals surface area contributed by atoms with Crippen LogP contribution in [0.1, 0.15) is 36.0 Å². The predicted molar refractivity (Wildman–Crippen MR) is 69.8 cm³/mol. The van der Waals surface area contributed by atoms with E-state index in [1.165, 1.54) is 18.2 Å². The highest BCUT2D eigenvalue weighted by Crippen LogP contribution is 2.20. The Bertz CT molecular complexity index is 453. The van der Waals surface area contributed by atoms with E-state index in [4.69, 9.17) is 0 Å². The van der Waals surface area contributed by atoms with E-state index in [-0.39, 0.29) is 16.4 Å². The summed E-state index contributed by atoms with van der Waals surface area (Å²) in [5.74, 6) is -0.675. The fraction of sp³-hybridized carbons (Fsp3) is 0.462. The summed E-state index contributed by atoms with van der Waals surface area (Å²) in [6.45, 7) is 0. The van der Waals surface area contributed by atoms with E-state index in [1.807, 2.05) is 0 Å². The van der Waals surface area contributed by atoms with Crippen LogP contribution in [0.4, 0.5) is 4.39 Å². The molecule has 2 N–H and O–H groups in total. The van der Waals surface area contributed by atoms with Gasteiger partial charge in [-0.3, -0.25) is 4.79 Å². The molecule has 3 nitrogen and oxygen atoms in total. The summed E-state index contributed by atoms with van der Waals surface area (Å²) >= 11 is 3.05. The Morgan fingerprint density at radius 3 is 2.78 bits per heavy atom. The molecule has 0 radical (unpaired) electrons. The molecule has 0 saturated heterocycles. The maximum absolute atomic E-state index is 13.1. The van der Waals surface area contributed by atoms with Crippen LogP contribution in [0.25, 0.3) is 0 Å². The van der Waals surface area contributed by atoms with Crippen LogP contribution < -0.4 is 5.32 Å². The summed E-state index contributed by atoms with van der Waals surface area (Å²) in [6, 6.07) is 3.93. The lowest BCUT2D eigenvalue weighted by molar-refractivity contribution is 0.0717. The Morgan fingerprint density at radius 2 is 2.11 bits per heavy atom. The van der Waals surface area contributed by atoms with Gasteiger partial charge in [-0.25, -0.2) is 4.39 Å². The Hall–Kier alpha value is -0.940. The van der Waals surface area contributed by atoms with Crippen molar-refractivity contribution in [3.05, 3.63) is 34.1 Å². The van der Waals surface area contributed by atoms with Crippen molar-refractivity contribution < 1.29 is 14.3 Å². The number of carbonyl (C=O) groups is 1. The molecule has 2 rings (SSSR count). The molecule has 0 aromatic heterocycles. The maximum Gasteiger partial charge on any atom is 0.251 e. The zero-order valence-corrected chi connectivity index (χ0v) is 11.4. The van der Waals surface area contributed by atoms with E-state index in [0.717, 1.165) is 25.7 Å². The first-order valence-corrected chi connectivity index (χ1v) is 6.81. The third-order valence-corrected chi connectivity index (χ3v) is 3.84. The van der Waals surface area contributed by atoms with Crippen LogP contribution in [0.15, 0.2) is 22.7 Å². The smallest absolute Gasteiger partial charge is 0.251 e. The molecule has 1 saturated carbocycles. The Kier molecular flexibility index (Phi) is 4.35. The number of rotatable bonds is 2. The number of amides is 1. The van der Waals surface area contributed by atoms with Crippen LogP contribution >= 0.6 is 15.9 Å². The quantitative estimate of drug-likeness (QED) is 0.881. The molecule has 98 valence electrons. The van der Waals surface area contributed by atoms with Gasteiger partial charge in [-0.15, -0.1) is 0 Å². The van der Waals surface area contributed by atoms with E-state index in [1.54, 1.807) is 0 Å². The van der Waals surface area contributed by atoms with Crippen LogP contribution in [0.3, 0.4) is 0 Å². The molecule has 5 heteroatoms. The average Bonchev–Trinajstić information content (AvgIpc) is 2.35. The minimum absolute atomic E-state index is 0.199. The molecule has 18 heavy (non-hydrogen) atoms. The van der Waals surface area contributed by atoms with Gasteiger partial charge in [-0.1, -0.05) is 12.8 Å². The first-order valence-electron chi connectivity index (χ1n) is 6.02. The fourth-order valence-corrected chi connectivity index (χ4v) is 2.55. The topological polar surface area (TPSA) is 49.3 Å². The highest BCUT2D eigenvalue weighted by Gasteiger charge is 2.24. The monoisotopic (exact) mass is 315 g/mol. The lowest BCUT2D eigenvalue weighted by Gasteiger charge is -2.28. The van der Waals surface area contributed by atoms with Crippen LogP contribution in [0.5, 0.6) is 0 Å². The highest BCUT2D eigenvalue weighted by atomic mass is 79.9. The molecular formula is C13H15BrFNO2.